The Hall–Kier alpha value is -0.900. The van der Waals surface area contributed by atoms with Gasteiger partial charge in [-0.3, -0.25) is 0 Å². The Morgan fingerprint density at radius 3 is 2.85 bits per heavy atom. The highest BCUT2D eigenvalue weighted by molar-refractivity contribution is 5.14. The third kappa shape index (κ3) is 5.61. The molecule has 0 saturated carbocycles. The zero-order valence-corrected chi connectivity index (χ0v) is 12.8. The van der Waals surface area contributed by atoms with Gasteiger partial charge in [0.2, 0.25) is 0 Å². The molecule has 1 atom stereocenters. The van der Waals surface area contributed by atoms with Gasteiger partial charge in [-0.25, -0.2) is 0 Å². The molecule has 0 amide bonds. The van der Waals surface area contributed by atoms with E-state index in [-0.39, 0.29) is 0 Å². The van der Waals surface area contributed by atoms with E-state index >= 15 is 0 Å². The van der Waals surface area contributed by atoms with Crippen LogP contribution in [0.15, 0.2) is 30.3 Å². The van der Waals surface area contributed by atoms with Gasteiger partial charge in [-0.15, -0.1) is 0 Å². The van der Waals surface area contributed by atoms with Crippen molar-refractivity contribution in [2.75, 3.05) is 32.8 Å². The summed E-state index contributed by atoms with van der Waals surface area (Å²) < 4.78 is 5.56. The molecule has 0 aromatic heterocycles. The van der Waals surface area contributed by atoms with Gasteiger partial charge in [-0.05, 0) is 38.8 Å². The minimum atomic E-state index is 0.336. The van der Waals surface area contributed by atoms with E-state index in [0.29, 0.717) is 12.1 Å². The molecule has 1 aromatic carbocycles. The number of ether oxygens (including phenoxy) is 1. The Bertz CT molecular complexity index is 367. The van der Waals surface area contributed by atoms with Gasteiger partial charge >= 0.3 is 0 Å². The molecule has 0 radical (unpaired) electrons. The predicted molar refractivity (Wildman–Crippen MR) is 84.1 cm³/mol. The lowest BCUT2D eigenvalue weighted by Crippen LogP contribution is -2.35. The van der Waals surface area contributed by atoms with E-state index in [1.54, 1.807) is 0 Å². The summed E-state index contributed by atoms with van der Waals surface area (Å²) in [4.78, 5) is 2.56. The lowest BCUT2D eigenvalue weighted by Gasteiger charge is -2.17. The molecule has 3 heteroatoms. The zero-order chi connectivity index (χ0) is 14.2. The highest BCUT2D eigenvalue weighted by Gasteiger charge is 2.21. The Balaban J connectivity index is 1.58. The van der Waals surface area contributed by atoms with Gasteiger partial charge in [-0.2, -0.15) is 0 Å². The molecule has 0 bridgehead atoms. The summed E-state index contributed by atoms with van der Waals surface area (Å²) in [5.74, 6) is 0. The van der Waals surface area contributed by atoms with Crippen LogP contribution in [0.1, 0.15) is 25.8 Å². The van der Waals surface area contributed by atoms with Crippen LogP contribution in [0.25, 0.3) is 0 Å². The van der Waals surface area contributed by atoms with Crippen LogP contribution in [0.4, 0.5) is 0 Å². The van der Waals surface area contributed by atoms with Gasteiger partial charge in [0.05, 0.1) is 12.7 Å². The van der Waals surface area contributed by atoms with Crippen LogP contribution in [0.2, 0.25) is 0 Å². The highest BCUT2D eigenvalue weighted by Crippen LogP contribution is 2.10. The molecule has 3 nitrogen and oxygen atoms in total. The van der Waals surface area contributed by atoms with Crippen LogP contribution in [0.3, 0.4) is 0 Å². The minimum absolute atomic E-state index is 0.336. The van der Waals surface area contributed by atoms with E-state index in [1.807, 2.05) is 0 Å². The third-order valence-electron chi connectivity index (χ3n) is 3.82. The molecule has 1 unspecified atom stereocenters. The molecule has 1 saturated heterocycles. The topological polar surface area (TPSA) is 24.5 Å². The van der Waals surface area contributed by atoms with Gasteiger partial charge in [0, 0.05) is 25.7 Å². The van der Waals surface area contributed by atoms with Crippen LogP contribution >= 0.6 is 0 Å². The van der Waals surface area contributed by atoms with Crippen molar-refractivity contribution in [1.82, 2.24) is 10.2 Å². The molecule has 1 heterocycles. The van der Waals surface area contributed by atoms with Crippen LogP contribution in [-0.2, 0) is 11.2 Å². The predicted octanol–water partition coefficient (Wildman–Crippen LogP) is 2.32. The Kier molecular flexibility index (Phi) is 6.51. The zero-order valence-electron chi connectivity index (χ0n) is 12.8. The number of nitrogens with one attached hydrogen (secondary N) is 1. The van der Waals surface area contributed by atoms with Crippen molar-refractivity contribution in [2.24, 2.45) is 0 Å². The van der Waals surface area contributed by atoms with Gasteiger partial charge in [0.1, 0.15) is 0 Å². The normalized spacial score (nSPS) is 19.9. The summed E-state index contributed by atoms with van der Waals surface area (Å²) in [6.45, 7) is 9.52. The molecule has 0 spiro atoms. The minimum Gasteiger partial charge on any atom is -0.377 e. The monoisotopic (exact) mass is 276 g/mol. The van der Waals surface area contributed by atoms with E-state index in [2.05, 4.69) is 54.4 Å². The summed E-state index contributed by atoms with van der Waals surface area (Å²) in [5.41, 5.74) is 1.44. The third-order valence-corrected chi connectivity index (χ3v) is 3.82. The largest absolute Gasteiger partial charge is 0.377 e. The lowest BCUT2D eigenvalue weighted by molar-refractivity contribution is 0.0794. The molecule has 0 aliphatic carbocycles. The van der Waals surface area contributed by atoms with E-state index in [9.17, 15) is 0 Å². The first-order chi connectivity index (χ1) is 9.74. The SMILES string of the molecule is CC(C)OCCNC1CCN(CCc2ccccc2)C1. The first-order valence-electron chi connectivity index (χ1n) is 7.85. The lowest BCUT2D eigenvalue weighted by atomic mass is 10.1. The second-order valence-electron chi connectivity index (χ2n) is 5.90. The Morgan fingerprint density at radius 2 is 2.10 bits per heavy atom. The molecule has 1 aliphatic heterocycles. The van der Waals surface area contributed by atoms with E-state index in [0.717, 1.165) is 19.6 Å². The first kappa shape index (κ1) is 15.5. The fraction of sp³-hybridized carbons (Fsp3) is 0.647. The number of benzene rings is 1. The molecule has 1 aromatic rings. The molecule has 1 N–H and O–H groups in total. The molecular formula is C17H28N2O. The molecule has 20 heavy (non-hydrogen) atoms. The van der Waals surface area contributed by atoms with Crippen LogP contribution in [0, 0.1) is 0 Å². The van der Waals surface area contributed by atoms with Gasteiger partial charge in [0.25, 0.3) is 0 Å². The molecule has 1 fully saturated rings. The van der Waals surface area contributed by atoms with Crippen molar-refractivity contribution >= 4 is 0 Å². The Labute approximate surface area is 123 Å². The molecule has 2 rings (SSSR count). The van der Waals surface area contributed by atoms with Crippen molar-refractivity contribution in [1.29, 1.82) is 0 Å². The fourth-order valence-electron chi connectivity index (χ4n) is 2.69. The van der Waals surface area contributed by atoms with E-state index in [4.69, 9.17) is 4.74 Å². The second-order valence-corrected chi connectivity index (χ2v) is 5.90. The number of likely N-dealkylation sites (tertiary alicyclic amines) is 1. The fourth-order valence-corrected chi connectivity index (χ4v) is 2.69. The average molecular weight is 276 g/mol. The second kappa shape index (κ2) is 8.40. The standard InChI is InChI=1S/C17H28N2O/c1-15(2)20-13-10-18-17-9-12-19(14-17)11-8-16-6-4-3-5-7-16/h3-7,15,17-18H,8-14H2,1-2H3. The first-order valence-corrected chi connectivity index (χ1v) is 7.85. The van der Waals surface area contributed by atoms with Crippen molar-refractivity contribution in [3.8, 4) is 0 Å². The number of hydrogen-bond acceptors (Lipinski definition) is 3. The number of rotatable bonds is 8. The van der Waals surface area contributed by atoms with Crippen LogP contribution < -0.4 is 5.32 Å². The average Bonchev–Trinajstić information content (AvgIpc) is 2.90. The van der Waals surface area contributed by atoms with Crippen LogP contribution in [0.5, 0.6) is 0 Å². The molecular weight excluding hydrogens is 248 g/mol. The summed E-state index contributed by atoms with van der Waals surface area (Å²) in [6, 6.07) is 11.4. The van der Waals surface area contributed by atoms with Crippen molar-refractivity contribution in [3.63, 3.8) is 0 Å². The van der Waals surface area contributed by atoms with Crippen molar-refractivity contribution in [3.05, 3.63) is 35.9 Å². The number of nitrogens with zero attached hydrogens (tertiary/aromatic N) is 1. The van der Waals surface area contributed by atoms with Gasteiger partial charge in [-0.1, -0.05) is 30.3 Å². The maximum atomic E-state index is 5.56. The van der Waals surface area contributed by atoms with Gasteiger partial charge in [0.15, 0.2) is 0 Å². The molecule has 112 valence electrons. The maximum absolute atomic E-state index is 5.56. The Morgan fingerprint density at radius 1 is 1.30 bits per heavy atom. The summed E-state index contributed by atoms with van der Waals surface area (Å²) in [5, 5.41) is 3.60. The summed E-state index contributed by atoms with van der Waals surface area (Å²) in [7, 11) is 0. The van der Waals surface area contributed by atoms with Crippen molar-refractivity contribution in [2.45, 2.75) is 38.8 Å². The smallest absolute Gasteiger partial charge is 0.0594 e. The quantitative estimate of drug-likeness (QED) is 0.738. The maximum Gasteiger partial charge on any atom is 0.0594 e. The molecule has 1 aliphatic rings. The van der Waals surface area contributed by atoms with E-state index in [1.165, 1.54) is 31.6 Å². The van der Waals surface area contributed by atoms with Gasteiger partial charge < -0.3 is 15.0 Å². The number of hydrogen-bond donors (Lipinski definition) is 1. The summed E-state index contributed by atoms with van der Waals surface area (Å²) >= 11 is 0. The van der Waals surface area contributed by atoms with E-state index < -0.39 is 0 Å². The highest BCUT2D eigenvalue weighted by atomic mass is 16.5. The van der Waals surface area contributed by atoms with Crippen LogP contribution in [-0.4, -0.2) is 49.8 Å². The summed E-state index contributed by atoms with van der Waals surface area (Å²) in [6.07, 6.45) is 2.75. The van der Waals surface area contributed by atoms with Crippen molar-refractivity contribution < 1.29 is 4.74 Å².